The lowest BCUT2D eigenvalue weighted by atomic mass is 9.97. The van der Waals surface area contributed by atoms with Gasteiger partial charge in [0.25, 0.3) is 0 Å². The highest BCUT2D eigenvalue weighted by Gasteiger charge is 2.17. The molecule has 0 bridgehead atoms. The van der Waals surface area contributed by atoms with E-state index in [0.717, 1.165) is 13.1 Å². The average molecular weight is 162 g/mol. The highest BCUT2D eigenvalue weighted by atomic mass is 14.9. The summed E-state index contributed by atoms with van der Waals surface area (Å²) in [5.41, 5.74) is 2.61. The van der Waals surface area contributed by atoms with E-state index in [1.54, 1.807) is 0 Å². The van der Waals surface area contributed by atoms with Gasteiger partial charge in [0.15, 0.2) is 0 Å². The van der Waals surface area contributed by atoms with Crippen molar-refractivity contribution < 1.29 is 0 Å². The predicted octanol–water partition coefficient (Wildman–Crippen LogP) is 1.47. The molecule has 2 nitrogen and oxygen atoms in total. The second kappa shape index (κ2) is 3.23. The number of hydrogen-bond acceptors (Lipinski definition) is 2. The summed E-state index contributed by atoms with van der Waals surface area (Å²) >= 11 is 0. The van der Waals surface area contributed by atoms with E-state index in [1.165, 1.54) is 17.7 Å². The second-order valence-electron chi connectivity index (χ2n) is 3.37. The Hall–Kier alpha value is -0.890. The van der Waals surface area contributed by atoms with E-state index in [4.69, 9.17) is 0 Å². The highest BCUT2D eigenvalue weighted by molar-refractivity contribution is 5.24. The van der Waals surface area contributed by atoms with Gasteiger partial charge in [0.05, 0.1) is 0 Å². The van der Waals surface area contributed by atoms with Gasteiger partial charge in [-0.3, -0.25) is 4.98 Å². The van der Waals surface area contributed by atoms with Crippen LogP contribution in [0, 0.1) is 6.92 Å². The van der Waals surface area contributed by atoms with Gasteiger partial charge in [0.2, 0.25) is 0 Å². The van der Waals surface area contributed by atoms with E-state index in [0.29, 0.717) is 5.92 Å². The summed E-state index contributed by atoms with van der Waals surface area (Å²) in [5, 5.41) is 3.37. The van der Waals surface area contributed by atoms with Crippen molar-refractivity contribution in [1.82, 2.24) is 10.3 Å². The van der Waals surface area contributed by atoms with Gasteiger partial charge in [-0.15, -0.1) is 0 Å². The van der Waals surface area contributed by atoms with Crippen LogP contribution in [0.25, 0.3) is 0 Å². The molecule has 2 rings (SSSR count). The van der Waals surface area contributed by atoms with Crippen LogP contribution in [0.5, 0.6) is 0 Å². The van der Waals surface area contributed by atoms with Crippen molar-refractivity contribution >= 4 is 0 Å². The van der Waals surface area contributed by atoms with E-state index >= 15 is 0 Å². The highest BCUT2D eigenvalue weighted by Crippen LogP contribution is 2.23. The Kier molecular flexibility index (Phi) is 2.09. The Labute approximate surface area is 73.0 Å². The molecule has 2 heterocycles. The van der Waals surface area contributed by atoms with E-state index in [1.807, 2.05) is 12.3 Å². The van der Waals surface area contributed by atoms with Crippen molar-refractivity contribution in [1.29, 1.82) is 0 Å². The first-order chi connectivity index (χ1) is 5.88. The second-order valence-corrected chi connectivity index (χ2v) is 3.37. The lowest BCUT2D eigenvalue weighted by Crippen LogP contribution is -2.09. The first-order valence-corrected chi connectivity index (χ1v) is 4.50. The lowest BCUT2D eigenvalue weighted by molar-refractivity contribution is 0.750. The Morgan fingerprint density at radius 3 is 3.17 bits per heavy atom. The molecule has 1 atom stereocenters. The van der Waals surface area contributed by atoms with Crippen LogP contribution < -0.4 is 5.32 Å². The molecule has 1 aromatic rings. The standard InChI is InChI=1S/C10H14N2/c1-8-10(3-2-5-12-8)9-4-6-11-7-9/h2-3,5,9,11H,4,6-7H2,1H3/t9-/m0/s1. The van der Waals surface area contributed by atoms with Crippen molar-refractivity contribution in [2.75, 3.05) is 13.1 Å². The fraction of sp³-hybridized carbons (Fsp3) is 0.500. The fourth-order valence-electron chi connectivity index (χ4n) is 1.85. The third-order valence-corrected chi connectivity index (χ3v) is 2.55. The minimum atomic E-state index is 0.693. The van der Waals surface area contributed by atoms with E-state index in [9.17, 15) is 0 Å². The van der Waals surface area contributed by atoms with Crippen molar-refractivity contribution in [3.05, 3.63) is 29.6 Å². The smallest absolute Gasteiger partial charge is 0.0407 e. The molecule has 1 saturated heterocycles. The van der Waals surface area contributed by atoms with Gasteiger partial charge in [-0.1, -0.05) is 6.07 Å². The van der Waals surface area contributed by atoms with Gasteiger partial charge in [-0.2, -0.15) is 0 Å². The van der Waals surface area contributed by atoms with Gasteiger partial charge >= 0.3 is 0 Å². The van der Waals surface area contributed by atoms with Crippen LogP contribution in [0.3, 0.4) is 0 Å². The molecular weight excluding hydrogens is 148 g/mol. The number of aromatic nitrogens is 1. The molecule has 0 spiro atoms. The van der Waals surface area contributed by atoms with Crippen LogP contribution in [0.1, 0.15) is 23.6 Å². The molecule has 64 valence electrons. The first-order valence-electron chi connectivity index (χ1n) is 4.50. The summed E-state index contributed by atoms with van der Waals surface area (Å²) in [6.07, 6.45) is 3.12. The zero-order valence-corrected chi connectivity index (χ0v) is 7.38. The quantitative estimate of drug-likeness (QED) is 0.676. The van der Waals surface area contributed by atoms with Gasteiger partial charge in [0, 0.05) is 18.4 Å². The zero-order chi connectivity index (χ0) is 8.39. The predicted molar refractivity (Wildman–Crippen MR) is 49.2 cm³/mol. The van der Waals surface area contributed by atoms with Crippen LogP contribution >= 0.6 is 0 Å². The maximum atomic E-state index is 4.30. The van der Waals surface area contributed by atoms with Crippen molar-refractivity contribution in [3.8, 4) is 0 Å². The molecule has 1 aromatic heterocycles. The topological polar surface area (TPSA) is 24.9 Å². The van der Waals surface area contributed by atoms with E-state index in [2.05, 4.69) is 23.3 Å². The Bertz CT molecular complexity index is 264. The van der Waals surface area contributed by atoms with E-state index < -0.39 is 0 Å². The Morgan fingerprint density at radius 2 is 2.50 bits per heavy atom. The summed E-state index contributed by atoms with van der Waals surface area (Å²) < 4.78 is 0. The third kappa shape index (κ3) is 1.34. The largest absolute Gasteiger partial charge is 0.316 e. The molecule has 12 heavy (non-hydrogen) atoms. The SMILES string of the molecule is Cc1ncccc1[C@H]1CCNC1. The summed E-state index contributed by atoms with van der Waals surface area (Å²) in [4.78, 5) is 4.30. The maximum Gasteiger partial charge on any atom is 0.0407 e. The molecule has 1 aliphatic rings. The Morgan fingerprint density at radius 1 is 1.58 bits per heavy atom. The number of nitrogens with one attached hydrogen (secondary N) is 1. The molecule has 0 amide bonds. The molecule has 1 aliphatic heterocycles. The lowest BCUT2D eigenvalue weighted by Gasteiger charge is -2.10. The van der Waals surface area contributed by atoms with E-state index in [-0.39, 0.29) is 0 Å². The molecular formula is C10H14N2. The zero-order valence-electron chi connectivity index (χ0n) is 7.38. The monoisotopic (exact) mass is 162 g/mol. The molecule has 0 unspecified atom stereocenters. The molecule has 0 aliphatic carbocycles. The number of rotatable bonds is 1. The van der Waals surface area contributed by atoms with Crippen molar-refractivity contribution in [3.63, 3.8) is 0 Å². The van der Waals surface area contributed by atoms with Gasteiger partial charge < -0.3 is 5.32 Å². The van der Waals surface area contributed by atoms with Crippen LogP contribution in [0.2, 0.25) is 0 Å². The molecule has 0 saturated carbocycles. The summed E-state index contributed by atoms with van der Waals surface area (Å²) in [6, 6.07) is 4.22. The van der Waals surface area contributed by atoms with Crippen LogP contribution in [-0.4, -0.2) is 18.1 Å². The molecule has 1 N–H and O–H groups in total. The molecule has 0 aromatic carbocycles. The van der Waals surface area contributed by atoms with Crippen LogP contribution in [0.4, 0.5) is 0 Å². The minimum absolute atomic E-state index is 0.693. The number of hydrogen-bond donors (Lipinski definition) is 1. The molecule has 0 radical (unpaired) electrons. The minimum Gasteiger partial charge on any atom is -0.316 e. The van der Waals surface area contributed by atoms with Crippen molar-refractivity contribution in [2.45, 2.75) is 19.3 Å². The number of nitrogens with zero attached hydrogens (tertiary/aromatic N) is 1. The Balaban J connectivity index is 2.26. The third-order valence-electron chi connectivity index (χ3n) is 2.55. The van der Waals surface area contributed by atoms with Gasteiger partial charge in [0.1, 0.15) is 0 Å². The first kappa shape index (κ1) is 7.74. The summed E-state index contributed by atoms with van der Waals surface area (Å²) in [7, 11) is 0. The normalized spacial score (nSPS) is 22.9. The maximum absolute atomic E-state index is 4.30. The van der Waals surface area contributed by atoms with Crippen LogP contribution in [-0.2, 0) is 0 Å². The van der Waals surface area contributed by atoms with Gasteiger partial charge in [-0.05, 0) is 37.4 Å². The summed E-state index contributed by atoms with van der Waals surface area (Å²) in [6.45, 7) is 4.36. The summed E-state index contributed by atoms with van der Waals surface area (Å²) in [5.74, 6) is 0.693. The van der Waals surface area contributed by atoms with Gasteiger partial charge in [-0.25, -0.2) is 0 Å². The fourth-order valence-corrected chi connectivity index (χ4v) is 1.85. The molecule has 2 heteroatoms. The average Bonchev–Trinajstić information content (AvgIpc) is 2.57. The van der Waals surface area contributed by atoms with Crippen LogP contribution in [0.15, 0.2) is 18.3 Å². The number of pyridine rings is 1. The van der Waals surface area contributed by atoms with Crippen molar-refractivity contribution in [2.24, 2.45) is 0 Å². The molecule has 1 fully saturated rings. The number of aryl methyl sites for hydroxylation is 1.